The van der Waals surface area contributed by atoms with E-state index in [1.165, 1.54) is 0 Å². The van der Waals surface area contributed by atoms with Crippen molar-refractivity contribution in [2.24, 2.45) is 4.99 Å². The Kier molecular flexibility index (Phi) is 9.64. The molecule has 1 aromatic carbocycles. The standard InChI is InChI=1S/C22H29ClN4O3.HI/c1-3-24-21(25-16-22(2,29)19-8-5-13-30-19)27-11-9-26(10-12-27)20(28)15-17-6-4-7-18(23)14-17;/h4-8,13-14,29H,3,9-12,15-16H2,1-2H3,(H,24,25);1H. The number of hydrogen-bond acceptors (Lipinski definition) is 4. The fraction of sp³-hybridized carbons (Fsp3) is 0.455. The van der Waals surface area contributed by atoms with Crippen LogP contribution >= 0.6 is 35.6 Å². The van der Waals surface area contributed by atoms with Gasteiger partial charge < -0.3 is 24.6 Å². The first-order valence-corrected chi connectivity index (χ1v) is 10.6. The van der Waals surface area contributed by atoms with Gasteiger partial charge in [0.25, 0.3) is 0 Å². The molecule has 1 saturated heterocycles. The lowest BCUT2D eigenvalue weighted by molar-refractivity contribution is -0.131. The van der Waals surface area contributed by atoms with Gasteiger partial charge in [-0.05, 0) is 43.7 Å². The van der Waals surface area contributed by atoms with Gasteiger partial charge in [0.2, 0.25) is 5.91 Å². The second kappa shape index (κ2) is 11.7. The minimum Gasteiger partial charge on any atom is -0.466 e. The maximum atomic E-state index is 12.6. The number of carbonyl (C=O) groups is 1. The predicted octanol–water partition coefficient (Wildman–Crippen LogP) is 3.11. The lowest BCUT2D eigenvalue weighted by Crippen LogP contribution is -2.54. The molecule has 31 heavy (non-hydrogen) atoms. The van der Waals surface area contributed by atoms with Crippen molar-refractivity contribution in [3.8, 4) is 0 Å². The van der Waals surface area contributed by atoms with Crippen LogP contribution in [-0.2, 0) is 16.8 Å². The number of furan rings is 1. The minimum absolute atomic E-state index is 0. The Balaban J connectivity index is 0.00000341. The van der Waals surface area contributed by atoms with Crippen molar-refractivity contribution in [1.29, 1.82) is 0 Å². The van der Waals surface area contributed by atoms with Gasteiger partial charge in [-0.15, -0.1) is 24.0 Å². The maximum Gasteiger partial charge on any atom is 0.227 e. The summed E-state index contributed by atoms with van der Waals surface area (Å²) in [5, 5.41) is 14.6. The Morgan fingerprint density at radius 3 is 2.55 bits per heavy atom. The number of piperazine rings is 1. The smallest absolute Gasteiger partial charge is 0.227 e. The van der Waals surface area contributed by atoms with E-state index in [1.807, 2.05) is 30.0 Å². The molecule has 1 aliphatic heterocycles. The van der Waals surface area contributed by atoms with E-state index in [4.69, 9.17) is 16.0 Å². The van der Waals surface area contributed by atoms with Crippen molar-refractivity contribution in [3.05, 3.63) is 59.0 Å². The van der Waals surface area contributed by atoms with Crippen LogP contribution in [0, 0.1) is 0 Å². The molecule has 0 saturated carbocycles. The van der Waals surface area contributed by atoms with Gasteiger partial charge in [-0.2, -0.15) is 0 Å². The second-order valence-corrected chi connectivity index (χ2v) is 8.03. The number of guanidine groups is 1. The summed E-state index contributed by atoms with van der Waals surface area (Å²) < 4.78 is 5.33. The number of rotatable bonds is 6. The molecule has 2 aromatic rings. The molecule has 0 radical (unpaired) electrons. The number of hydrogen-bond donors (Lipinski definition) is 2. The number of carbonyl (C=O) groups excluding carboxylic acids is 1. The molecule has 7 nitrogen and oxygen atoms in total. The molecule has 1 aliphatic rings. The third-order valence-corrected chi connectivity index (χ3v) is 5.33. The Morgan fingerprint density at radius 2 is 1.94 bits per heavy atom. The molecule has 1 atom stereocenters. The normalized spacial score (nSPS) is 16.5. The van der Waals surface area contributed by atoms with Crippen molar-refractivity contribution in [2.45, 2.75) is 25.9 Å². The molecule has 0 spiro atoms. The molecule has 2 N–H and O–H groups in total. The molecule has 170 valence electrons. The van der Waals surface area contributed by atoms with E-state index < -0.39 is 5.60 Å². The number of halogens is 2. The highest BCUT2D eigenvalue weighted by Crippen LogP contribution is 2.21. The number of amides is 1. The summed E-state index contributed by atoms with van der Waals surface area (Å²) in [6.07, 6.45) is 1.89. The Labute approximate surface area is 205 Å². The zero-order chi connectivity index (χ0) is 21.6. The van der Waals surface area contributed by atoms with Crippen LogP contribution in [0.3, 0.4) is 0 Å². The van der Waals surface area contributed by atoms with Gasteiger partial charge in [-0.3, -0.25) is 4.79 Å². The predicted molar refractivity (Wildman–Crippen MR) is 133 cm³/mol. The number of nitrogens with one attached hydrogen (secondary N) is 1. The van der Waals surface area contributed by atoms with Gasteiger partial charge >= 0.3 is 0 Å². The van der Waals surface area contributed by atoms with E-state index in [1.54, 1.807) is 31.4 Å². The zero-order valence-corrected chi connectivity index (χ0v) is 21.0. The summed E-state index contributed by atoms with van der Waals surface area (Å²) in [5.74, 6) is 1.31. The molecule has 1 amide bonds. The number of nitrogens with zero attached hydrogens (tertiary/aromatic N) is 3. The monoisotopic (exact) mass is 560 g/mol. The highest BCUT2D eigenvalue weighted by Gasteiger charge is 2.28. The van der Waals surface area contributed by atoms with E-state index >= 15 is 0 Å². The number of aliphatic hydroxyl groups is 1. The van der Waals surface area contributed by atoms with Gasteiger partial charge in [0.1, 0.15) is 11.4 Å². The first kappa shape index (κ1) is 25.5. The largest absolute Gasteiger partial charge is 0.466 e. The van der Waals surface area contributed by atoms with Crippen LogP contribution in [0.15, 0.2) is 52.1 Å². The highest BCUT2D eigenvalue weighted by atomic mass is 127. The van der Waals surface area contributed by atoms with Gasteiger partial charge in [-0.1, -0.05) is 23.7 Å². The van der Waals surface area contributed by atoms with E-state index in [-0.39, 0.29) is 36.4 Å². The number of benzene rings is 1. The van der Waals surface area contributed by atoms with Crippen LogP contribution in [0.4, 0.5) is 0 Å². The minimum atomic E-state index is -1.18. The molecule has 0 bridgehead atoms. The summed E-state index contributed by atoms with van der Waals surface area (Å²) in [6, 6.07) is 10.9. The molecule has 1 unspecified atom stereocenters. The first-order chi connectivity index (χ1) is 14.4. The summed E-state index contributed by atoms with van der Waals surface area (Å²) >= 11 is 6.02. The SMILES string of the molecule is CCNC(=NCC(C)(O)c1ccco1)N1CCN(C(=O)Cc2cccc(Cl)c2)CC1.I. The molecule has 1 fully saturated rings. The fourth-order valence-electron chi connectivity index (χ4n) is 3.42. The third kappa shape index (κ3) is 7.11. The lowest BCUT2D eigenvalue weighted by atomic mass is 10.0. The lowest BCUT2D eigenvalue weighted by Gasteiger charge is -2.37. The number of aliphatic imine (C=N–C) groups is 1. The molecular weight excluding hydrogens is 531 g/mol. The highest BCUT2D eigenvalue weighted by molar-refractivity contribution is 14.0. The molecule has 1 aromatic heterocycles. The van der Waals surface area contributed by atoms with Crippen molar-refractivity contribution in [1.82, 2.24) is 15.1 Å². The second-order valence-electron chi connectivity index (χ2n) is 7.60. The van der Waals surface area contributed by atoms with Crippen molar-refractivity contribution in [3.63, 3.8) is 0 Å². The van der Waals surface area contributed by atoms with E-state index in [0.29, 0.717) is 43.4 Å². The quantitative estimate of drug-likeness (QED) is 0.322. The van der Waals surface area contributed by atoms with Gasteiger partial charge in [0, 0.05) is 37.7 Å². The van der Waals surface area contributed by atoms with Crippen LogP contribution < -0.4 is 5.32 Å². The molecular formula is C22H30ClIN4O3. The summed E-state index contributed by atoms with van der Waals surface area (Å²) in [4.78, 5) is 21.3. The fourth-order valence-corrected chi connectivity index (χ4v) is 3.63. The maximum absolute atomic E-state index is 12.6. The summed E-state index contributed by atoms with van der Waals surface area (Å²) in [5.41, 5.74) is -0.260. The van der Waals surface area contributed by atoms with Crippen molar-refractivity contribution >= 4 is 47.4 Å². The topological polar surface area (TPSA) is 81.3 Å². The van der Waals surface area contributed by atoms with Crippen LogP contribution in [0.2, 0.25) is 5.02 Å². The average Bonchev–Trinajstić information content (AvgIpc) is 3.27. The summed E-state index contributed by atoms with van der Waals surface area (Å²) in [7, 11) is 0. The third-order valence-electron chi connectivity index (χ3n) is 5.10. The van der Waals surface area contributed by atoms with Crippen LogP contribution in [-0.4, -0.2) is 66.0 Å². The van der Waals surface area contributed by atoms with E-state index in [0.717, 1.165) is 18.1 Å². The molecule has 9 heteroatoms. The Bertz CT molecular complexity index is 865. The molecule has 3 rings (SSSR count). The van der Waals surface area contributed by atoms with Crippen molar-refractivity contribution < 1.29 is 14.3 Å². The molecule has 0 aliphatic carbocycles. The Morgan fingerprint density at radius 1 is 1.23 bits per heavy atom. The van der Waals surface area contributed by atoms with Gasteiger partial charge in [0.15, 0.2) is 5.96 Å². The van der Waals surface area contributed by atoms with Crippen LogP contribution in [0.1, 0.15) is 25.2 Å². The van der Waals surface area contributed by atoms with Crippen LogP contribution in [0.25, 0.3) is 0 Å². The van der Waals surface area contributed by atoms with Crippen LogP contribution in [0.5, 0.6) is 0 Å². The molecule has 2 heterocycles. The first-order valence-electron chi connectivity index (χ1n) is 10.2. The average molecular weight is 561 g/mol. The summed E-state index contributed by atoms with van der Waals surface area (Å²) in [6.45, 7) is 7.19. The van der Waals surface area contributed by atoms with E-state index in [9.17, 15) is 9.90 Å². The van der Waals surface area contributed by atoms with Gasteiger partial charge in [0.05, 0.1) is 19.2 Å². The van der Waals surface area contributed by atoms with Crippen molar-refractivity contribution in [2.75, 3.05) is 39.3 Å². The zero-order valence-electron chi connectivity index (χ0n) is 17.9. The van der Waals surface area contributed by atoms with Gasteiger partial charge in [-0.25, -0.2) is 4.99 Å². The van der Waals surface area contributed by atoms with E-state index in [2.05, 4.69) is 15.2 Å². The Hall–Kier alpha value is -1.78.